The van der Waals surface area contributed by atoms with Gasteiger partial charge in [-0.25, -0.2) is 0 Å². The van der Waals surface area contributed by atoms with E-state index in [0.717, 1.165) is 11.4 Å². The van der Waals surface area contributed by atoms with E-state index in [9.17, 15) is 4.79 Å². The number of nitrogens with zero attached hydrogens (tertiary/aromatic N) is 1. The molecule has 3 aromatic rings. The predicted octanol–water partition coefficient (Wildman–Crippen LogP) is 2.38. The molecule has 0 radical (unpaired) electrons. The number of furan rings is 1. The molecule has 0 fully saturated rings. The van der Waals surface area contributed by atoms with Crippen molar-refractivity contribution in [2.75, 3.05) is 0 Å². The second-order valence-electron chi connectivity index (χ2n) is 4.95. The number of thiocarbonyl (C=S) groups is 1. The van der Waals surface area contributed by atoms with Gasteiger partial charge in [0.1, 0.15) is 5.76 Å². The summed E-state index contributed by atoms with van der Waals surface area (Å²) >= 11 is 5.12. The molecule has 0 aliphatic heterocycles. The summed E-state index contributed by atoms with van der Waals surface area (Å²) in [4.78, 5) is 12.4. The molecule has 24 heavy (non-hydrogen) atoms. The van der Waals surface area contributed by atoms with Crippen LogP contribution in [0.1, 0.15) is 16.1 Å². The molecular weight excluding hydrogens is 324 g/mol. The summed E-state index contributed by atoms with van der Waals surface area (Å²) in [5.41, 5.74) is 6.61. The molecule has 0 unspecified atom stereocenters. The average molecular weight is 340 g/mol. The van der Waals surface area contributed by atoms with Gasteiger partial charge >= 0.3 is 0 Å². The van der Waals surface area contributed by atoms with Crippen LogP contribution in [0.4, 0.5) is 0 Å². The quantitative estimate of drug-likeness (QED) is 0.502. The molecule has 1 amide bonds. The Morgan fingerprint density at radius 2 is 1.83 bits per heavy atom. The first-order chi connectivity index (χ1) is 11.7. The highest BCUT2D eigenvalue weighted by Gasteiger charge is 2.11. The van der Waals surface area contributed by atoms with Crippen LogP contribution in [0.15, 0.2) is 71.6 Å². The van der Waals surface area contributed by atoms with Crippen LogP contribution in [-0.4, -0.2) is 15.6 Å². The van der Waals surface area contributed by atoms with Crippen LogP contribution in [0, 0.1) is 0 Å². The molecule has 0 saturated carbocycles. The number of hydrazine groups is 1. The van der Waals surface area contributed by atoms with Gasteiger partial charge in [-0.05, 0) is 48.6 Å². The summed E-state index contributed by atoms with van der Waals surface area (Å²) < 4.78 is 7.07. The van der Waals surface area contributed by atoms with Crippen molar-refractivity contribution < 1.29 is 9.21 Å². The average Bonchev–Trinajstić information content (AvgIpc) is 3.31. The maximum Gasteiger partial charge on any atom is 0.271 e. The summed E-state index contributed by atoms with van der Waals surface area (Å²) in [6, 6.07) is 14.8. The Morgan fingerprint density at radius 3 is 2.58 bits per heavy atom. The highest BCUT2D eigenvalue weighted by molar-refractivity contribution is 7.80. The SMILES string of the molecule is O=C(NNC(=S)NCc1ccco1)c1ccccc1-n1cccc1. The Balaban J connectivity index is 1.58. The maximum atomic E-state index is 12.4. The van der Waals surface area contributed by atoms with E-state index in [2.05, 4.69) is 16.2 Å². The number of rotatable bonds is 4. The monoisotopic (exact) mass is 340 g/mol. The first-order valence-corrected chi connectivity index (χ1v) is 7.74. The summed E-state index contributed by atoms with van der Waals surface area (Å²) in [6.45, 7) is 0.439. The van der Waals surface area contributed by atoms with E-state index >= 15 is 0 Å². The summed E-state index contributed by atoms with van der Waals surface area (Å²) in [7, 11) is 0. The standard InChI is InChI=1S/C17H16N4O2S/c22-16(19-20-17(24)18-12-13-6-5-11-23-13)14-7-1-2-8-15(14)21-9-3-4-10-21/h1-11H,12H2,(H,19,22)(H2,18,20,24). The van der Waals surface area contributed by atoms with Crippen molar-refractivity contribution >= 4 is 23.2 Å². The molecule has 7 heteroatoms. The Kier molecular flexibility index (Phi) is 4.93. The molecule has 122 valence electrons. The van der Waals surface area contributed by atoms with E-state index in [1.54, 1.807) is 18.4 Å². The van der Waals surface area contributed by atoms with Crippen molar-refractivity contribution in [3.8, 4) is 5.69 Å². The highest BCUT2D eigenvalue weighted by Crippen LogP contribution is 2.14. The zero-order valence-corrected chi connectivity index (χ0v) is 13.5. The lowest BCUT2D eigenvalue weighted by Crippen LogP contribution is -2.46. The van der Waals surface area contributed by atoms with Crippen molar-refractivity contribution in [2.45, 2.75) is 6.54 Å². The van der Waals surface area contributed by atoms with Gasteiger partial charge < -0.3 is 14.3 Å². The third-order valence-electron chi connectivity index (χ3n) is 3.32. The number of carbonyl (C=O) groups is 1. The number of hydrogen-bond acceptors (Lipinski definition) is 3. The van der Waals surface area contributed by atoms with E-state index in [1.165, 1.54) is 0 Å². The van der Waals surface area contributed by atoms with Gasteiger partial charge in [0, 0.05) is 12.4 Å². The van der Waals surface area contributed by atoms with Crippen LogP contribution < -0.4 is 16.2 Å². The minimum Gasteiger partial charge on any atom is -0.467 e. The Bertz CT molecular complexity index is 813. The van der Waals surface area contributed by atoms with E-state index < -0.39 is 0 Å². The van der Waals surface area contributed by atoms with Crippen LogP contribution in [0.25, 0.3) is 5.69 Å². The van der Waals surface area contributed by atoms with Crippen LogP contribution in [0.3, 0.4) is 0 Å². The number of aromatic nitrogens is 1. The molecule has 0 aliphatic carbocycles. The van der Waals surface area contributed by atoms with Gasteiger partial charge in [0.25, 0.3) is 5.91 Å². The summed E-state index contributed by atoms with van der Waals surface area (Å²) in [6.07, 6.45) is 5.36. The topological polar surface area (TPSA) is 71.2 Å². The third-order valence-corrected chi connectivity index (χ3v) is 3.57. The molecule has 0 aliphatic rings. The lowest BCUT2D eigenvalue weighted by atomic mass is 10.1. The van der Waals surface area contributed by atoms with Crippen molar-refractivity contribution in [1.29, 1.82) is 0 Å². The fourth-order valence-electron chi connectivity index (χ4n) is 2.19. The molecule has 2 heterocycles. The number of amides is 1. The molecular formula is C17H16N4O2S. The van der Waals surface area contributed by atoms with Gasteiger partial charge in [0.15, 0.2) is 5.11 Å². The minimum atomic E-state index is -0.276. The zero-order chi connectivity index (χ0) is 16.8. The number of nitrogens with one attached hydrogen (secondary N) is 3. The van der Waals surface area contributed by atoms with Gasteiger partial charge in [-0.3, -0.25) is 15.6 Å². The van der Waals surface area contributed by atoms with Crippen LogP contribution in [0.2, 0.25) is 0 Å². The molecule has 6 nitrogen and oxygen atoms in total. The zero-order valence-electron chi connectivity index (χ0n) is 12.7. The van der Waals surface area contributed by atoms with E-state index in [-0.39, 0.29) is 5.91 Å². The molecule has 0 saturated heterocycles. The predicted molar refractivity (Wildman–Crippen MR) is 94.5 cm³/mol. The minimum absolute atomic E-state index is 0.276. The first-order valence-electron chi connectivity index (χ1n) is 7.33. The van der Waals surface area contributed by atoms with Crippen molar-refractivity contribution in [3.05, 3.63) is 78.5 Å². The first kappa shape index (κ1) is 15.8. The molecule has 3 N–H and O–H groups in total. The van der Waals surface area contributed by atoms with Crippen LogP contribution in [-0.2, 0) is 6.54 Å². The second-order valence-corrected chi connectivity index (χ2v) is 5.36. The van der Waals surface area contributed by atoms with Crippen molar-refractivity contribution in [3.63, 3.8) is 0 Å². The second kappa shape index (κ2) is 7.47. The third kappa shape index (κ3) is 3.82. The van der Waals surface area contributed by atoms with Crippen molar-refractivity contribution in [1.82, 2.24) is 20.7 Å². The maximum absolute atomic E-state index is 12.4. The Morgan fingerprint density at radius 1 is 1.04 bits per heavy atom. The number of benzene rings is 1. The Labute approximate surface area is 144 Å². The molecule has 1 aromatic carbocycles. The van der Waals surface area contributed by atoms with E-state index in [0.29, 0.717) is 17.2 Å². The molecule has 0 spiro atoms. The van der Waals surface area contributed by atoms with E-state index in [1.807, 2.05) is 53.4 Å². The Hall–Kier alpha value is -3.06. The lowest BCUT2D eigenvalue weighted by molar-refractivity contribution is 0.0943. The molecule has 0 bridgehead atoms. The van der Waals surface area contributed by atoms with E-state index in [4.69, 9.17) is 16.6 Å². The largest absolute Gasteiger partial charge is 0.467 e. The van der Waals surface area contributed by atoms with Crippen LogP contribution >= 0.6 is 12.2 Å². The van der Waals surface area contributed by atoms with Gasteiger partial charge in [0.2, 0.25) is 0 Å². The fraction of sp³-hybridized carbons (Fsp3) is 0.0588. The van der Waals surface area contributed by atoms with Crippen molar-refractivity contribution in [2.24, 2.45) is 0 Å². The molecule has 2 aromatic heterocycles. The fourth-order valence-corrected chi connectivity index (χ4v) is 2.31. The highest BCUT2D eigenvalue weighted by atomic mass is 32.1. The van der Waals surface area contributed by atoms with Crippen LogP contribution in [0.5, 0.6) is 0 Å². The lowest BCUT2D eigenvalue weighted by Gasteiger charge is -2.13. The normalized spacial score (nSPS) is 10.2. The summed E-state index contributed by atoms with van der Waals surface area (Å²) in [5.74, 6) is 0.477. The van der Waals surface area contributed by atoms with Gasteiger partial charge in [-0.1, -0.05) is 12.1 Å². The van der Waals surface area contributed by atoms with Gasteiger partial charge in [-0.15, -0.1) is 0 Å². The van der Waals surface area contributed by atoms with Gasteiger partial charge in [0.05, 0.1) is 24.1 Å². The number of hydrogen-bond donors (Lipinski definition) is 3. The molecule has 0 atom stereocenters. The number of para-hydroxylation sites is 1. The smallest absolute Gasteiger partial charge is 0.271 e. The molecule has 3 rings (SSSR count). The summed E-state index contributed by atoms with van der Waals surface area (Å²) in [5, 5.41) is 3.24. The number of carbonyl (C=O) groups excluding carboxylic acids is 1. The van der Waals surface area contributed by atoms with Gasteiger partial charge in [-0.2, -0.15) is 0 Å².